The molecule has 0 aromatic rings. The van der Waals surface area contributed by atoms with E-state index in [2.05, 4.69) is 0 Å². The Labute approximate surface area is 111 Å². The summed E-state index contributed by atoms with van der Waals surface area (Å²) in [6, 6.07) is 0. The second kappa shape index (κ2) is 4.92. The molecule has 1 aliphatic heterocycles. The molecule has 0 radical (unpaired) electrons. The third kappa shape index (κ3) is 2.03. The topological polar surface area (TPSA) is 37.4 Å². The van der Waals surface area contributed by atoms with Gasteiger partial charge in [-0.1, -0.05) is 31.4 Å². The van der Waals surface area contributed by atoms with Crippen molar-refractivity contribution in [2.45, 2.75) is 50.2 Å². The van der Waals surface area contributed by atoms with E-state index in [1.807, 2.05) is 12.2 Å². The fourth-order valence-electron chi connectivity index (χ4n) is 2.81. The van der Waals surface area contributed by atoms with Gasteiger partial charge in [0.05, 0.1) is 0 Å². The number of fused-ring (bicyclic) bond motifs is 1. The van der Waals surface area contributed by atoms with Crippen LogP contribution in [0.5, 0.6) is 0 Å². The summed E-state index contributed by atoms with van der Waals surface area (Å²) in [6.45, 7) is 0. The van der Waals surface area contributed by atoms with Crippen molar-refractivity contribution in [2.24, 2.45) is 0 Å². The van der Waals surface area contributed by atoms with Gasteiger partial charge in [-0.05, 0) is 37.6 Å². The number of nitrogens with zero attached hydrogens (tertiary/aromatic N) is 1. The van der Waals surface area contributed by atoms with Gasteiger partial charge in [-0.3, -0.25) is 9.59 Å². The number of amides is 2. The molecule has 0 aromatic heterocycles. The molecular weight excluding hydrogens is 246 g/mol. The van der Waals surface area contributed by atoms with Crippen molar-refractivity contribution in [2.75, 3.05) is 0 Å². The normalized spacial score (nSPS) is 25.0. The first kappa shape index (κ1) is 12.0. The minimum atomic E-state index is -0.0958. The van der Waals surface area contributed by atoms with E-state index in [0.717, 1.165) is 25.7 Å². The van der Waals surface area contributed by atoms with Gasteiger partial charge < -0.3 is 0 Å². The Morgan fingerprint density at radius 3 is 2.06 bits per heavy atom. The van der Waals surface area contributed by atoms with E-state index in [9.17, 15) is 9.59 Å². The number of imide groups is 1. The largest absolute Gasteiger partial charge is 0.271 e. The maximum atomic E-state index is 12.2. The maximum absolute atomic E-state index is 12.2. The molecule has 0 aromatic carbocycles. The Kier molecular flexibility index (Phi) is 3.29. The molecule has 18 heavy (non-hydrogen) atoms. The van der Waals surface area contributed by atoms with Crippen molar-refractivity contribution >= 4 is 23.8 Å². The summed E-state index contributed by atoms with van der Waals surface area (Å²) >= 11 is 1.46. The first-order chi connectivity index (χ1) is 8.77. The number of allylic oxidation sites excluding steroid dienone is 2. The van der Waals surface area contributed by atoms with Crippen LogP contribution in [0.25, 0.3) is 0 Å². The first-order valence-electron chi connectivity index (χ1n) is 6.73. The van der Waals surface area contributed by atoms with E-state index in [-0.39, 0.29) is 11.8 Å². The fourth-order valence-corrected chi connectivity index (χ4v) is 4.04. The number of carbonyl (C=O) groups excluding carboxylic acids is 2. The third-order valence-corrected chi connectivity index (χ3v) is 5.10. The first-order valence-corrected chi connectivity index (χ1v) is 7.57. The van der Waals surface area contributed by atoms with E-state index < -0.39 is 0 Å². The highest BCUT2D eigenvalue weighted by atomic mass is 32.2. The van der Waals surface area contributed by atoms with Gasteiger partial charge in [0.15, 0.2) is 0 Å². The lowest BCUT2D eigenvalue weighted by atomic mass is 10.0. The van der Waals surface area contributed by atoms with Crippen molar-refractivity contribution in [3.05, 3.63) is 23.3 Å². The highest BCUT2D eigenvalue weighted by Crippen LogP contribution is 2.38. The molecule has 1 heterocycles. The Morgan fingerprint density at radius 1 is 0.944 bits per heavy atom. The van der Waals surface area contributed by atoms with Crippen LogP contribution in [-0.4, -0.2) is 21.4 Å². The SMILES string of the molecule is O=C1C2=CCCC=C2C(=O)N1SC1CCCCC1. The standard InChI is InChI=1S/C14H17NO2S/c16-13-11-8-4-5-9-12(11)14(17)15(13)18-10-6-2-1-3-7-10/h8-10H,1-7H2. The summed E-state index contributed by atoms with van der Waals surface area (Å²) in [7, 11) is 0. The monoisotopic (exact) mass is 263 g/mol. The number of hydrogen-bond acceptors (Lipinski definition) is 3. The van der Waals surface area contributed by atoms with Gasteiger partial charge in [-0.15, -0.1) is 0 Å². The predicted octanol–water partition coefficient (Wildman–Crippen LogP) is 2.98. The van der Waals surface area contributed by atoms with Crippen LogP contribution in [0.3, 0.4) is 0 Å². The summed E-state index contributed by atoms with van der Waals surface area (Å²) in [5, 5.41) is 0.438. The van der Waals surface area contributed by atoms with E-state index >= 15 is 0 Å². The number of carbonyl (C=O) groups is 2. The molecule has 0 bridgehead atoms. The molecule has 2 fully saturated rings. The fraction of sp³-hybridized carbons (Fsp3) is 0.571. The molecular formula is C14H17NO2S. The third-order valence-electron chi connectivity index (χ3n) is 3.79. The summed E-state index contributed by atoms with van der Waals surface area (Å²) in [4.78, 5) is 24.4. The van der Waals surface area contributed by atoms with Gasteiger partial charge in [0.1, 0.15) is 0 Å². The highest BCUT2D eigenvalue weighted by Gasteiger charge is 2.41. The maximum Gasteiger partial charge on any atom is 0.271 e. The van der Waals surface area contributed by atoms with E-state index in [1.165, 1.54) is 35.5 Å². The van der Waals surface area contributed by atoms with Crippen molar-refractivity contribution in [3.8, 4) is 0 Å². The van der Waals surface area contributed by atoms with Gasteiger partial charge in [-0.25, -0.2) is 4.31 Å². The van der Waals surface area contributed by atoms with Crippen LogP contribution in [0, 0.1) is 0 Å². The molecule has 3 nitrogen and oxygen atoms in total. The molecule has 0 spiro atoms. The summed E-state index contributed by atoms with van der Waals surface area (Å²) in [6.07, 6.45) is 11.6. The summed E-state index contributed by atoms with van der Waals surface area (Å²) in [5.74, 6) is -0.192. The van der Waals surface area contributed by atoms with Crippen molar-refractivity contribution in [3.63, 3.8) is 0 Å². The molecule has 0 atom stereocenters. The zero-order valence-corrected chi connectivity index (χ0v) is 11.2. The van der Waals surface area contributed by atoms with Crippen LogP contribution in [0.4, 0.5) is 0 Å². The molecule has 3 aliphatic rings. The second-order valence-electron chi connectivity index (χ2n) is 5.08. The summed E-state index contributed by atoms with van der Waals surface area (Å²) in [5.41, 5.74) is 1.27. The van der Waals surface area contributed by atoms with Crippen LogP contribution in [0.2, 0.25) is 0 Å². The summed E-state index contributed by atoms with van der Waals surface area (Å²) < 4.78 is 1.40. The predicted molar refractivity (Wildman–Crippen MR) is 71.7 cm³/mol. The van der Waals surface area contributed by atoms with Crippen molar-refractivity contribution < 1.29 is 9.59 Å². The van der Waals surface area contributed by atoms with E-state index in [0.29, 0.717) is 16.4 Å². The van der Waals surface area contributed by atoms with Crippen LogP contribution in [-0.2, 0) is 9.59 Å². The minimum absolute atomic E-state index is 0.0958. The van der Waals surface area contributed by atoms with Crippen LogP contribution in [0.15, 0.2) is 23.3 Å². The highest BCUT2D eigenvalue weighted by molar-refractivity contribution is 7.98. The average molecular weight is 263 g/mol. The lowest BCUT2D eigenvalue weighted by molar-refractivity contribution is -0.130. The minimum Gasteiger partial charge on any atom is -0.268 e. The van der Waals surface area contributed by atoms with Gasteiger partial charge in [-0.2, -0.15) is 0 Å². The second-order valence-corrected chi connectivity index (χ2v) is 6.33. The van der Waals surface area contributed by atoms with Crippen LogP contribution in [0.1, 0.15) is 44.9 Å². The molecule has 2 aliphatic carbocycles. The zero-order chi connectivity index (χ0) is 12.5. The van der Waals surface area contributed by atoms with Crippen LogP contribution >= 0.6 is 11.9 Å². The average Bonchev–Trinajstić information content (AvgIpc) is 2.66. The van der Waals surface area contributed by atoms with Gasteiger partial charge in [0.2, 0.25) is 0 Å². The van der Waals surface area contributed by atoms with Crippen LogP contribution < -0.4 is 0 Å². The molecule has 0 unspecified atom stereocenters. The van der Waals surface area contributed by atoms with Crippen molar-refractivity contribution in [1.29, 1.82) is 0 Å². The van der Waals surface area contributed by atoms with E-state index in [4.69, 9.17) is 0 Å². The molecule has 4 heteroatoms. The number of hydrogen-bond donors (Lipinski definition) is 0. The Bertz CT molecular complexity index is 415. The number of rotatable bonds is 2. The van der Waals surface area contributed by atoms with Gasteiger partial charge in [0, 0.05) is 16.4 Å². The Balaban J connectivity index is 1.76. The zero-order valence-electron chi connectivity index (χ0n) is 10.4. The lowest BCUT2D eigenvalue weighted by Crippen LogP contribution is -2.26. The molecule has 2 amide bonds. The van der Waals surface area contributed by atoms with E-state index in [1.54, 1.807) is 0 Å². The molecule has 1 saturated heterocycles. The van der Waals surface area contributed by atoms with Gasteiger partial charge in [0.25, 0.3) is 11.8 Å². The van der Waals surface area contributed by atoms with Crippen molar-refractivity contribution in [1.82, 2.24) is 4.31 Å². The van der Waals surface area contributed by atoms with Gasteiger partial charge >= 0.3 is 0 Å². The molecule has 3 rings (SSSR count). The smallest absolute Gasteiger partial charge is 0.268 e. The quantitative estimate of drug-likeness (QED) is 0.568. The molecule has 96 valence electrons. The lowest BCUT2D eigenvalue weighted by Gasteiger charge is -2.24. The Hall–Kier alpha value is -1.03. The molecule has 0 N–H and O–H groups in total. The Morgan fingerprint density at radius 2 is 1.50 bits per heavy atom. The molecule has 1 saturated carbocycles.